The van der Waals surface area contributed by atoms with E-state index < -0.39 is 0 Å². The Balaban J connectivity index is 2.10. The summed E-state index contributed by atoms with van der Waals surface area (Å²) < 4.78 is 0. The summed E-state index contributed by atoms with van der Waals surface area (Å²) in [5.74, 6) is -0.101. The van der Waals surface area contributed by atoms with Crippen molar-refractivity contribution in [1.29, 1.82) is 0 Å². The highest BCUT2D eigenvalue weighted by atomic mass is 16.2. The first-order valence-electron chi connectivity index (χ1n) is 8.92. The van der Waals surface area contributed by atoms with E-state index in [4.69, 9.17) is 0 Å². The normalized spacial score (nSPS) is 10.3. The van der Waals surface area contributed by atoms with Crippen LogP contribution in [0.2, 0.25) is 0 Å². The van der Waals surface area contributed by atoms with E-state index in [1.807, 2.05) is 35.2 Å². The summed E-state index contributed by atoms with van der Waals surface area (Å²) in [6.07, 6.45) is 5.14. The molecule has 138 valence electrons. The molecule has 1 heterocycles. The van der Waals surface area contributed by atoms with E-state index in [1.54, 1.807) is 12.4 Å². The largest absolute Gasteiger partial charge is 0.354 e. The molecule has 0 aliphatic heterocycles. The van der Waals surface area contributed by atoms with E-state index in [2.05, 4.69) is 29.5 Å². The van der Waals surface area contributed by atoms with Crippen LogP contribution in [-0.4, -0.2) is 34.8 Å². The van der Waals surface area contributed by atoms with Crippen LogP contribution < -0.4 is 10.6 Å². The molecule has 0 aliphatic rings. The fourth-order valence-electron chi connectivity index (χ4n) is 2.67. The molecule has 0 spiro atoms. The SMILES string of the molecule is CCCN(CCC)C(=O)c1cncc(Nc2ccc(NC(C)=O)cc2)c1. The molecule has 2 amide bonds. The van der Waals surface area contributed by atoms with Crippen molar-refractivity contribution in [2.45, 2.75) is 33.6 Å². The summed E-state index contributed by atoms with van der Waals surface area (Å²) in [4.78, 5) is 29.8. The maximum Gasteiger partial charge on any atom is 0.255 e. The Morgan fingerprint density at radius 3 is 2.15 bits per heavy atom. The predicted molar refractivity (Wildman–Crippen MR) is 105 cm³/mol. The monoisotopic (exact) mass is 354 g/mol. The number of carbonyl (C=O) groups is 2. The van der Waals surface area contributed by atoms with Crippen molar-refractivity contribution < 1.29 is 9.59 Å². The number of hydrogen-bond donors (Lipinski definition) is 2. The zero-order valence-electron chi connectivity index (χ0n) is 15.6. The molecule has 0 unspecified atom stereocenters. The number of rotatable bonds is 8. The lowest BCUT2D eigenvalue weighted by molar-refractivity contribution is -0.114. The van der Waals surface area contributed by atoms with Crippen LogP contribution in [0.4, 0.5) is 17.1 Å². The zero-order chi connectivity index (χ0) is 18.9. The van der Waals surface area contributed by atoms with Gasteiger partial charge in [-0.2, -0.15) is 0 Å². The molecular weight excluding hydrogens is 328 g/mol. The Bertz CT molecular complexity index is 738. The van der Waals surface area contributed by atoms with Crippen LogP contribution in [0, 0.1) is 0 Å². The molecule has 0 atom stereocenters. The standard InChI is InChI=1S/C20H26N4O2/c1-4-10-24(11-5-2)20(26)16-12-19(14-21-13-16)23-18-8-6-17(7-9-18)22-15(3)25/h6-9,12-14,23H,4-5,10-11H2,1-3H3,(H,22,25). The second kappa shape index (κ2) is 9.56. The summed E-state index contributed by atoms with van der Waals surface area (Å²) >= 11 is 0. The molecule has 0 aliphatic carbocycles. The van der Waals surface area contributed by atoms with Crippen molar-refractivity contribution >= 4 is 28.9 Å². The molecule has 6 heteroatoms. The van der Waals surface area contributed by atoms with Gasteiger partial charge in [-0.15, -0.1) is 0 Å². The van der Waals surface area contributed by atoms with Crippen molar-refractivity contribution in [1.82, 2.24) is 9.88 Å². The first-order valence-corrected chi connectivity index (χ1v) is 8.92. The molecule has 0 saturated heterocycles. The van der Waals surface area contributed by atoms with Crippen molar-refractivity contribution in [2.24, 2.45) is 0 Å². The highest BCUT2D eigenvalue weighted by Crippen LogP contribution is 2.20. The minimum Gasteiger partial charge on any atom is -0.354 e. The Morgan fingerprint density at radius 2 is 1.58 bits per heavy atom. The van der Waals surface area contributed by atoms with Crippen molar-refractivity contribution in [2.75, 3.05) is 23.7 Å². The van der Waals surface area contributed by atoms with Gasteiger partial charge in [0.2, 0.25) is 5.91 Å². The van der Waals surface area contributed by atoms with Crippen LogP contribution in [0.1, 0.15) is 44.0 Å². The number of aromatic nitrogens is 1. The van der Waals surface area contributed by atoms with E-state index in [1.165, 1.54) is 6.92 Å². The summed E-state index contributed by atoms with van der Waals surface area (Å²) in [6, 6.07) is 9.17. The van der Waals surface area contributed by atoms with Crippen molar-refractivity contribution in [3.63, 3.8) is 0 Å². The van der Waals surface area contributed by atoms with E-state index in [0.717, 1.165) is 43.0 Å². The minimum atomic E-state index is -0.107. The predicted octanol–water partition coefficient (Wildman–Crippen LogP) is 4.05. The van der Waals surface area contributed by atoms with Crippen LogP contribution in [0.3, 0.4) is 0 Å². The number of amides is 2. The number of anilines is 3. The fourth-order valence-corrected chi connectivity index (χ4v) is 2.67. The van der Waals surface area contributed by atoms with Gasteiger partial charge in [-0.1, -0.05) is 13.8 Å². The number of pyridine rings is 1. The van der Waals surface area contributed by atoms with Crippen molar-refractivity contribution in [3.05, 3.63) is 48.3 Å². The van der Waals surface area contributed by atoms with E-state index >= 15 is 0 Å². The van der Waals surface area contributed by atoms with Crippen molar-refractivity contribution in [3.8, 4) is 0 Å². The third-order valence-electron chi connectivity index (χ3n) is 3.75. The lowest BCUT2D eigenvalue weighted by atomic mass is 10.2. The molecule has 26 heavy (non-hydrogen) atoms. The summed E-state index contributed by atoms with van der Waals surface area (Å²) in [6.45, 7) is 7.10. The Morgan fingerprint density at radius 1 is 0.962 bits per heavy atom. The van der Waals surface area contributed by atoms with Crippen LogP contribution in [0.5, 0.6) is 0 Å². The van der Waals surface area contributed by atoms with E-state index in [0.29, 0.717) is 5.56 Å². The summed E-state index contributed by atoms with van der Waals surface area (Å²) in [5, 5.41) is 5.96. The topological polar surface area (TPSA) is 74.3 Å². The van der Waals surface area contributed by atoms with Gasteiger partial charge in [-0.05, 0) is 43.2 Å². The summed E-state index contributed by atoms with van der Waals surface area (Å²) in [7, 11) is 0. The smallest absolute Gasteiger partial charge is 0.255 e. The molecule has 0 saturated carbocycles. The lowest BCUT2D eigenvalue weighted by Crippen LogP contribution is -2.32. The molecule has 2 N–H and O–H groups in total. The number of carbonyl (C=O) groups excluding carboxylic acids is 2. The number of benzene rings is 1. The van der Waals surface area contributed by atoms with Gasteiger partial charge < -0.3 is 15.5 Å². The van der Waals surface area contributed by atoms with Gasteiger partial charge in [0.05, 0.1) is 17.4 Å². The molecule has 2 aromatic rings. The quantitative estimate of drug-likeness (QED) is 0.750. The molecule has 1 aromatic heterocycles. The third-order valence-corrected chi connectivity index (χ3v) is 3.75. The third kappa shape index (κ3) is 5.58. The Kier molecular flexibility index (Phi) is 7.14. The Labute approximate surface area is 154 Å². The van der Waals surface area contributed by atoms with E-state index in [-0.39, 0.29) is 11.8 Å². The van der Waals surface area contributed by atoms with Gasteiger partial charge in [-0.3, -0.25) is 14.6 Å². The van der Waals surface area contributed by atoms with Crippen LogP contribution in [-0.2, 0) is 4.79 Å². The number of nitrogens with zero attached hydrogens (tertiary/aromatic N) is 2. The maximum atomic E-state index is 12.7. The first kappa shape index (κ1) is 19.4. The minimum absolute atomic E-state index is 0.00542. The van der Waals surface area contributed by atoms with Crippen LogP contribution >= 0.6 is 0 Å². The Hall–Kier alpha value is -2.89. The van der Waals surface area contributed by atoms with Gasteiger partial charge in [0.25, 0.3) is 5.91 Å². The van der Waals surface area contributed by atoms with E-state index in [9.17, 15) is 9.59 Å². The molecule has 0 radical (unpaired) electrons. The molecule has 0 fully saturated rings. The average molecular weight is 354 g/mol. The van der Waals surface area contributed by atoms with Gasteiger partial charge in [0, 0.05) is 37.6 Å². The highest BCUT2D eigenvalue weighted by Gasteiger charge is 2.15. The van der Waals surface area contributed by atoms with Crippen LogP contribution in [0.25, 0.3) is 0 Å². The molecular formula is C20H26N4O2. The van der Waals surface area contributed by atoms with Crippen LogP contribution in [0.15, 0.2) is 42.7 Å². The van der Waals surface area contributed by atoms with Gasteiger partial charge >= 0.3 is 0 Å². The zero-order valence-corrected chi connectivity index (χ0v) is 15.6. The number of nitrogens with one attached hydrogen (secondary N) is 2. The average Bonchev–Trinajstić information content (AvgIpc) is 2.62. The second-order valence-electron chi connectivity index (χ2n) is 6.14. The molecule has 2 rings (SSSR count). The molecule has 1 aromatic carbocycles. The lowest BCUT2D eigenvalue weighted by Gasteiger charge is -2.21. The number of hydrogen-bond acceptors (Lipinski definition) is 4. The van der Waals surface area contributed by atoms with Gasteiger partial charge in [-0.25, -0.2) is 0 Å². The highest BCUT2D eigenvalue weighted by molar-refractivity contribution is 5.95. The maximum absolute atomic E-state index is 12.7. The molecule has 6 nitrogen and oxygen atoms in total. The fraction of sp³-hybridized carbons (Fsp3) is 0.350. The summed E-state index contributed by atoms with van der Waals surface area (Å²) in [5.41, 5.74) is 2.91. The van der Waals surface area contributed by atoms with Gasteiger partial charge in [0.1, 0.15) is 0 Å². The van der Waals surface area contributed by atoms with Gasteiger partial charge in [0.15, 0.2) is 0 Å². The molecule has 0 bridgehead atoms. The first-order chi connectivity index (χ1) is 12.5. The second-order valence-corrected chi connectivity index (χ2v) is 6.14.